The molecule has 0 saturated carbocycles. The molecule has 0 N–H and O–H groups in total. The highest BCUT2D eigenvalue weighted by atomic mass is 32.1. The summed E-state index contributed by atoms with van der Waals surface area (Å²) in [5, 5.41) is 3.28. The minimum absolute atomic E-state index is 0.209. The third-order valence-corrected chi connectivity index (χ3v) is 5.93. The quantitative estimate of drug-likeness (QED) is 0.864. The van der Waals surface area contributed by atoms with Crippen LogP contribution in [0.1, 0.15) is 41.0 Å². The number of aromatic nitrogens is 2. The van der Waals surface area contributed by atoms with Gasteiger partial charge in [0.05, 0.1) is 11.8 Å². The van der Waals surface area contributed by atoms with Gasteiger partial charge in [0.2, 0.25) is 0 Å². The molecule has 2 aromatic rings. The Hall–Kier alpha value is -1.30. The van der Waals surface area contributed by atoms with E-state index in [1.807, 2.05) is 0 Å². The van der Waals surface area contributed by atoms with Crippen LogP contribution in [0.15, 0.2) is 23.6 Å². The first-order valence-corrected chi connectivity index (χ1v) is 9.28. The van der Waals surface area contributed by atoms with Gasteiger partial charge < -0.3 is 4.74 Å². The SMILES string of the molecule is Cc1cccc(CN2CC[C@@H]3C[C@H](c4nc(C)cs4)O[C@H]3C2)n1. The number of ether oxygens (including phenoxy) is 1. The van der Waals surface area contributed by atoms with Crippen LogP contribution in [0.4, 0.5) is 0 Å². The summed E-state index contributed by atoms with van der Waals surface area (Å²) in [5.41, 5.74) is 3.36. The molecular formula is C18H23N3OS. The van der Waals surface area contributed by atoms with E-state index in [1.54, 1.807) is 11.3 Å². The molecule has 0 unspecified atom stereocenters. The molecule has 122 valence electrons. The number of hydrogen-bond donors (Lipinski definition) is 0. The molecule has 2 saturated heterocycles. The predicted octanol–water partition coefficient (Wildman–Crippen LogP) is 3.51. The summed E-state index contributed by atoms with van der Waals surface area (Å²) >= 11 is 1.74. The van der Waals surface area contributed by atoms with Crippen LogP contribution in [0, 0.1) is 19.8 Å². The van der Waals surface area contributed by atoms with Crippen LogP contribution in [0.3, 0.4) is 0 Å². The van der Waals surface area contributed by atoms with E-state index in [0.29, 0.717) is 12.0 Å². The van der Waals surface area contributed by atoms with Crippen molar-refractivity contribution in [1.29, 1.82) is 0 Å². The molecule has 4 heterocycles. The lowest BCUT2D eigenvalue weighted by Gasteiger charge is -2.33. The molecule has 4 rings (SSSR count). The zero-order valence-electron chi connectivity index (χ0n) is 13.7. The molecule has 2 aliphatic rings. The highest BCUT2D eigenvalue weighted by molar-refractivity contribution is 7.09. The Morgan fingerprint density at radius 1 is 1.26 bits per heavy atom. The second-order valence-corrected chi connectivity index (χ2v) is 7.67. The number of hydrogen-bond acceptors (Lipinski definition) is 5. The lowest BCUT2D eigenvalue weighted by atomic mass is 9.92. The second-order valence-electron chi connectivity index (χ2n) is 6.78. The van der Waals surface area contributed by atoms with Crippen molar-refractivity contribution in [2.24, 2.45) is 5.92 Å². The van der Waals surface area contributed by atoms with Crippen LogP contribution >= 0.6 is 11.3 Å². The standard InChI is InChI=1S/C18H23N3OS/c1-12-4-3-5-15(19-12)9-21-7-6-14-8-16(22-17(14)10-21)18-20-13(2)11-23-18/h3-5,11,14,16-17H,6-10H2,1-2H3/t14-,16-,17+/m1/s1. The number of thiazole rings is 1. The van der Waals surface area contributed by atoms with Crippen LogP contribution in [0.2, 0.25) is 0 Å². The maximum absolute atomic E-state index is 6.34. The number of fused-ring (bicyclic) bond motifs is 1. The Morgan fingerprint density at radius 2 is 2.17 bits per heavy atom. The molecule has 2 aliphatic heterocycles. The van der Waals surface area contributed by atoms with Crippen molar-refractivity contribution >= 4 is 11.3 Å². The number of piperidine rings is 1. The van der Waals surface area contributed by atoms with Gasteiger partial charge in [-0.2, -0.15) is 0 Å². The first-order valence-electron chi connectivity index (χ1n) is 8.40. The number of aryl methyl sites for hydroxylation is 2. The smallest absolute Gasteiger partial charge is 0.122 e. The van der Waals surface area contributed by atoms with E-state index in [9.17, 15) is 0 Å². The summed E-state index contributed by atoms with van der Waals surface area (Å²) < 4.78 is 6.34. The van der Waals surface area contributed by atoms with Gasteiger partial charge in [-0.1, -0.05) is 6.07 Å². The Balaban J connectivity index is 1.39. The molecule has 0 bridgehead atoms. The minimum Gasteiger partial charge on any atom is -0.366 e. The highest BCUT2D eigenvalue weighted by Gasteiger charge is 2.40. The topological polar surface area (TPSA) is 38.2 Å². The largest absolute Gasteiger partial charge is 0.366 e. The summed E-state index contributed by atoms with van der Waals surface area (Å²) in [6, 6.07) is 6.27. The lowest BCUT2D eigenvalue weighted by Crippen LogP contribution is -2.41. The van der Waals surface area contributed by atoms with E-state index in [0.717, 1.165) is 48.1 Å². The Morgan fingerprint density at radius 3 is 2.96 bits per heavy atom. The van der Waals surface area contributed by atoms with E-state index in [4.69, 9.17) is 4.74 Å². The van der Waals surface area contributed by atoms with Gasteiger partial charge in [0, 0.05) is 29.9 Å². The van der Waals surface area contributed by atoms with E-state index in [2.05, 4.69) is 52.3 Å². The molecule has 0 aromatic carbocycles. The molecule has 0 amide bonds. The number of rotatable bonds is 3. The van der Waals surface area contributed by atoms with Crippen LogP contribution in [-0.2, 0) is 11.3 Å². The van der Waals surface area contributed by atoms with Crippen LogP contribution in [-0.4, -0.2) is 34.1 Å². The maximum atomic E-state index is 6.34. The van der Waals surface area contributed by atoms with E-state index in [1.165, 1.54) is 6.42 Å². The van der Waals surface area contributed by atoms with Gasteiger partial charge in [-0.05, 0) is 51.3 Å². The van der Waals surface area contributed by atoms with E-state index < -0.39 is 0 Å². The van der Waals surface area contributed by atoms with Crippen molar-refractivity contribution in [3.63, 3.8) is 0 Å². The summed E-state index contributed by atoms with van der Waals surface area (Å²) in [5.74, 6) is 0.686. The third-order valence-electron chi connectivity index (χ3n) is 4.88. The fourth-order valence-corrected chi connectivity index (χ4v) is 4.58. The molecule has 2 aromatic heterocycles. The van der Waals surface area contributed by atoms with Crippen molar-refractivity contribution < 1.29 is 4.74 Å². The predicted molar refractivity (Wildman–Crippen MR) is 91.4 cm³/mol. The molecule has 4 nitrogen and oxygen atoms in total. The maximum Gasteiger partial charge on any atom is 0.122 e. The highest BCUT2D eigenvalue weighted by Crippen LogP contribution is 2.41. The molecular weight excluding hydrogens is 306 g/mol. The lowest BCUT2D eigenvalue weighted by molar-refractivity contribution is -0.00969. The first-order chi connectivity index (χ1) is 11.2. The number of pyridine rings is 1. The van der Waals surface area contributed by atoms with Gasteiger partial charge in [0.25, 0.3) is 0 Å². The van der Waals surface area contributed by atoms with Gasteiger partial charge in [-0.25, -0.2) is 4.98 Å². The average molecular weight is 329 g/mol. The monoisotopic (exact) mass is 329 g/mol. The molecule has 0 spiro atoms. The Labute approximate surface area is 141 Å². The fourth-order valence-electron chi connectivity index (χ4n) is 3.73. The summed E-state index contributed by atoms with van der Waals surface area (Å²) in [4.78, 5) is 11.7. The van der Waals surface area contributed by atoms with Crippen LogP contribution in [0.25, 0.3) is 0 Å². The summed E-state index contributed by atoms with van der Waals surface area (Å²) in [6.45, 7) is 7.19. The summed E-state index contributed by atoms with van der Waals surface area (Å²) in [6.07, 6.45) is 2.91. The average Bonchev–Trinajstić information content (AvgIpc) is 3.12. The Kier molecular flexibility index (Phi) is 4.18. The number of nitrogens with zero attached hydrogens (tertiary/aromatic N) is 3. The van der Waals surface area contributed by atoms with E-state index in [-0.39, 0.29) is 6.10 Å². The zero-order chi connectivity index (χ0) is 15.8. The molecule has 3 atom stereocenters. The van der Waals surface area contributed by atoms with Gasteiger partial charge in [0.1, 0.15) is 11.1 Å². The molecule has 0 radical (unpaired) electrons. The van der Waals surface area contributed by atoms with Crippen molar-refractivity contribution in [2.75, 3.05) is 13.1 Å². The summed E-state index contributed by atoms with van der Waals surface area (Å²) in [7, 11) is 0. The Bertz CT molecular complexity index is 686. The van der Waals surface area contributed by atoms with E-state index >= 15 is 0 Å². The molecule has 0 aliphatic carbocycles. The van der Waals surface area contributed by atoms with Crippen molar-refractivity contribution in [2.45, 2.75) is 45.4 Å². The number of likely N-dealkylation sites (tertiary alicyclic amines) is 1. The van der Waals surface area contributed by atoms with Crippen molar-refractivity contribution in [1.82, 2.24) is 14.9 Å². The van der Waals surface area contributed by atoms with Gasteiger partial charge in [-0.15, -0.1) is 11.3 Å². The normalized spacial score (nSPS) is 28.0. The fraction of sp³-hybridized carbons (Fsp3) is 0.556. The van der Waals surface area contributed by atoms with Gasteiger partial charge in [0.15, 0.2) is 0 Å². The van der Waals surface area contributed by atoms with Crippen LogP contribution < -0.4 is 0 Å². The molecule has 23 heavy (non-hydrogen) atoms. The van der Waals surface area contributed by atoms with Crippen molar-refractivity contribution in [3.8, 4) is 0 Å². The van der Waals surface area contributed by atoms with Crippen LogP contribution in [0.5, 0.6) is 0 Å². The second kappa shape index (κ2) is 6.30. The van der Waals surface area contributed by atoms with Gasteiger partial charge >= 0.3 is 0 Å². The minimum atomic E-state index is 0.209. The molecule has 2 fully saturated rings. The van der Waals surface area contributed by atoms with Gasteiger partial charge in [-0.3, -0.25) is 9.88 Å². The molecule has 5 heteroatoms. The zero-order valence-corrected chi connectivity index (χ0v) is 14.6. The van der Waals surface area contributed by atoms with Crippen molar-refractivity contribution in [3.05, 3.63) is 45.7 Å². The first kappa shape index (κ1) is 15.2. The third kappa shape index (κ3) is 3.32.